The zero-order chi connectivity index (χ0) is 11.7. The second-order valence-electron chi connectivity index (χ2n) is 5.86. The number of carbonyl (C=O) groups is 1. The predicted octanol–water partition coefficient (Wildman–Crippen LogP) is 2.68. The molecular weight excluding hydrogens is 216 g/mol. The van der Waals surface area contributed by atoms with Gasteiger partial charge in [0.1, 0.15) is 0 Å². The normalized spacial score (nSPS) is 37.3. The van der Waals surface area contributed by atoms with Crippen LogP contribution in [0.2, 0.25) is 0 Å². The zero-order valence-electron chi connectivity index (χ0n) is 10.4. The lowest BCUT2D eigenvalue weighted by Crippen LogP contribution is -2.25. The molecule has 3 fully saturated rings. The summed E-state index contributed by atoms with van der Waals surface area (Å²) in [6.45, 7) is 0.627. The van der Waals surface area contributed by atoms with Crippen molar-refractivity contribution in [1.29, 1.82) is 0 Å². The van der Waals surface area contributed by atoms with Gasteiger partial charge in [-0.15, -0.1) is 0 Å². The number of rotatable bonds is 3. The Morgan fingerprint density at radius 1 is 1.06 bits per heavy atom. The molecule has 3 nitrogen and oxygen atoms in total. The predicted molar refractivity (Wildman–Crippen MR) is 63.5 cm³/mol. The van der Waals surface area contributed by atoms with Crippen LogP contribution in [0.4, 0.5) is 0 Å². The van der Waals surface area contributed by atoms with E-state index in [1.165, 1.54) is 25.7 Å². The maximum atomic E-state index is 11.9. The largest absolute Gasteiger partial charge is 0.465 e. The first-order chi connectivity index (χ1) is 8.33. The van der Waals surface area contributed by atoms with Gasteiger partial charge in [-0.3, -0.25) is 4.79 Å². The van der Waals surface area contributed by atoms with Crippen molar-refractivity contribution in [3.8, 4) is 0 Å². The van der Waals surface area contributed by atoms with Gasteiger partial charge in [0.2, 0.25) is 0 Å². The van der Waals surface area contributed by atoms with E-state index in [0.29, 0.717) is 24.7 Å². The van der Waals surface area contributed by atoms with E-state index in [4.69, 9.17) is 9.47 Å². The van der Waals surface area contributed by atoms with Gasteiger partial charge >= 0.3 is 5.97 Å². The Kier molecular flexibility index (Phi) is 3.37. The molecule has 0 bridgehead atoms. The Morgan fingerprint density at radius 2 is 1.88 bits per heavy atom. The molecule has 17 heavy (non-hydrogen) atoms. The monoisotopic (exact) mass is 238 g/mol. The van der Waals surface area contributed by atoms with E-state index in [-0.39, 0.29) is 11.9 Å². The minimum absolute atomic E-state index is 0.0588. The van der Waals surface area contributed by atoms with Crippen molar-refractivity contribution < 1.29 is 14.3 Å². The molecule has 0 aromatic rings. The highest BCUT2D eigenvalue weighted by Gasteiger charge is 2.44. The number of epoxide rings is 1. The molecule has 1 aliphatic heterocycles. The van der Waals surface area contributed by atoms with Gasteiger partial charge in [-0.25, -0.2) is 0 Å². The van der Waals surface area contributed by atoms with Gasteiger partial charge in [0.15, 0.2) is 0 Å². The standard InChI is InChI=1S/C14H22O3/c15-14(11-4-2-1-3-5-11)16-9-10-6-7-12-13(8-10)17-12/h10-13H,1-9H2. The van der Waals surface area contributed by atoms with E-state index in [9.17, 15) is 4.79 Å². The van der Waals surface area contributed by atoms with Gasteiger partial charge < -0.3 is 9.47 Å². The van der Waals surface area contributed by atoms with Crippen molar-refractivity contribution in [2.75, 3.05) is 6.61 Å². The van der Waals surface area contributed by atoms with Crippen molar-refractivity contribution in [2.24, 2.45) is 11.8 Å². The van der Waals surface area contributed by atoms with E-state index in [2.05, 4.69) is 0 Å². The Hall–Kier alpha value is -0.570. The molecule has 1 saturated heterocycles. The molecule has 3 heteroatoms. The lowest BCUT2D eigenvalue weighted by Gasteiger charge is -2.23. The smallest absolute Gasteiger partial charge is 0.308 e. The SMILES string of the molecule is O=C(OCC1CCC2OC2C1)C1CCCCC1. The molecule has 0 spiro atoms. The summed E-state index contributed by atoms with van der Waals surface area (Å²) in [7, 11) is 0. The van der Waals surface area contributed by atoms with Crippen molar-refractivity contribution in [3.05, 3.63) is 0 Å². The number of hydrogen-bond acceptors (Lipinski definition) is 3. The zero-order valence-corrected chi connectivity index (χ0v) is 10.4. The Morgan fingerprint density at radius 3 is 2.65 bits per heavy atom. The number of ether oxygens (including phenoxy) is 2. The highest BCUT2D eigenvalue weighted by Crippen LogP contribution is 2.39. The number of carbonyl (C=O) groups excluding carboxylic acids is 1. The van der Waals surface area contributed by atoms with E-state index < -0.39 is 0 Å². The first kappa shape index (κ1) is 11.5. The first-order valence-corrected chi connectivity index (χ1v) is 7.15. The van der Waals surface area contributed by atoms with Crippen LogP contribution >= 0.6 is 0 Å². The molecule has 3 aliphatic rings. The third kappa shape index (κ3) is 2.82. The Balaban J connectivity index is 1.39. The number of fused-ring (bicyclic) bond motifs is 1. The van der Waals surface area contributed by atoms with E-state index in [0.717, 1.165) is 25.7 Å². The molecular formula is C14H22O3. The van der Waals surface area contributed by atoms with Crippen molar-refractivity contribution in [3.63, 3.8) is 0 Å². The van der Waals surface area contributed by atoms with Gasteiger partial charge in [-0.1, -0.05) is 19.3 Å². The fraction of sp³-hybridized carbons (Fsp3) is 0.929. The van der Waals surface area contributed by atoms with Crippen LogP contribution in [0.5, 0.6) is 0 Å². The topological polar surface area (TPSA) is 38.8 Å². The van der Waals surface area contributed by atoms with Crippen LogP contribution < -0.4 is 0 Å². The van der Waals surface area contributed by atoms with Crippen molar-refractivity contribution >= 4 is 5.97 Å². The van der Waals surface area contributed by atoms with Crippen LogP contribution in [-0.4, -0.2) is 24.8 Å². The fourth-order valence-electron chi connectivity index (χ4n) is 3.29. The maximum Gasteiger partial charge on any atom is 0.308 e. The maximum absolute atomic E-state index is 11.9. The molecule has 0 N–H and O–H groups in total. The van der Waals surface area contributed by atoms with E-state index in [1.807, 2.05) is 0 Å². The Labute approximate surface area is 103 Å². The molecule has 3 unspecified atom stereocenters. The third-order valence-corrected chi connectivity index (χ3v) is 4.51. The fourth-order valence-corrected chi connectivity index (χ4v) is 3.29. The third-order valence-electron chi connectivity index (χ3n) is 4.51. The highest BCUT2D eigenvalue weighted by molar-refractivity contribution is 5.72. The lowest BCUT2D eigenvalue weighted by atomic mass is 9.89. The van der Waals surface area contributed by atoms with Crippen LogP contribution in [0.15, 0.2) is 0 Å². The second-order valence-corrected chi connectivity index (χ2v) is 5.86. The molecule has 0 radical (unpaired) electrons. The summed E-state index contributed by atoms with van der Waals surface area (Å²) in [6, 6.07) is 0. The summed E-state index contributed by atoms with van der Waals surface area (Å²) in [4.78, 5) is 11.9. The van der Waals surface area contributed by atoms with Crippen molar-refractivity contribution in [1.82, 2.24) is 0 Å². The summed E-state index contributed by atoms with van der Waals surface area (Å²) in [5.74, 6) is 0.798. The minimum Gasteiger partial charge on any atom is -0.465 e. The van der Waals surface area contributed by atoms with Crippen LogP contribution in [0, 0.1) is 11.8 Å². The average Bonchev–Trinajstić information content (AvgIpc) is 3.15. The molecule has 3 rings (SSSR count). The molecule has 3 atom stereocenters. The summed E-state index contributed by atoms with van der Waals surface area (Å²) >= 11 is 0. The summed E-state index contributed by atoms with van der Waals surface area (Å²) in [5, 5.41) is 0. The van der Waals surface area contributed by atoms with Crippen LogP contribution in [-0.2, 0) is 14.3 Å². The van der Waals surface area contributed by atoms with E-state index in [1.54, 1.807) is 0 Å². The Bertz CT molecular complexity index is 283. The summed E-state index contributed by atoms with van der Waals surface area (Å²) < 4.78 is 11.0. The molecule has 0 amide bonds. The second kappa shape index (κ2) is 4.97. The summed E-state index contributed by atoms with van der Waals surface area (Å²) in [5.41, 5.74) is 0. The van der Waals surface area contributed by atoms with Gasteiger partial charge in [-0.2, -0.15) is 0 Å². The quantitative estimate of drug-likeness (QED) is 0.560. The van der Waals surface area contributed by atoms with E-state index >= 15 is 0 Å². The average molecular weight is 238 g/mol. The highest BCUT2D eigenvalue weighted by atomic mass is 16.6. The van der Waals surface area contributed by atoms with Gasteiger partial charge in [0.05, 0.1) is 24.7 Å². The number of esters is 1. The number of hydrogen-bond donors (Lipinski definition) is 0. The van der Waals surface area contributed by atoms with Gasteiger partial charge in [0.25, 0.3) is 0 Å². The molecule has 0 aromatic carbocycles. The van der Waals surface area contributed by atoms with Gasteiger partial charge in [0, 0.05) is 0 Å². The van der Waals surface area contributed by atoms with Crippen molar-refractivity contribution in [2.45, 2.75) is 63.6 Å². The molecule has 1 heterocycles. The summed E-state index contributed by atoms with van der Waals surface area (Å²) in [6.07, 6.45) is 10.2. The molecule has 96 valence electrons. The molecule has 2 aliphatic carbocycles. The first-order valence-electron chi connectivity index (χ1n) is 7.15. The lowest BCUT2D eigenvalue weighted by molar-refractivity contribution is -0.151. The minimum atomic E-state index is 0.0588. The van der Waals surface area contributed by atoms with Crippen LogP contribution in [0.1, 0.15) is 51.4 Å². The van der Waals surface area contributed by atoms with Gasteiger partial charge in [-0.05, 0) is 38.0 Å². The van der Waals surface area contributed by atoms with Crippen LogP contribution in [0.3, 0.4) is 0 Å². The molecule has 2 saturated carbocycles. The van der Waals surface area contributed by atoms with Crippen LogP contribution in [0.25, 0.3) is 0 Å². The molecule has 0 aromatic heterocycles.